The standard InChI is InChI=1S/C23H23N3OS/c1-4-13-27-21-12-11-20(18-7-5-6-8-19(18)21)26-22(24-25-23(26)28)17-10-9-15(2)14-16(17)3/h5-12,14H,4,13H2,1-3H3,(H,25,28). The maximum absolute atomic E-state index is 5.96. The second kappa shape index (κ2) is 7.60. The number of hydrogen-bond donors (Lipinski definition) is 1. The number of rotatable bonds is 5. The van der Waals surface area contributed by atoms with Gasteiger partial charge in [0.2, 0.25) is 0 Å². The van der Waals surface area contributed by atoms with E-state index in [1.54, 1.807) is 0 Å². The molecule has 4 nitrogen and oxygen atoms in total. The first-order valence-electron chi connectivity index (χ1n) is 9.50. The van der Waals surface area contributed by atoms with Gasteiger partial charge in [-0.25, -0.2) is 0 Å². The Morgan fingerprint density at radius 3 is 2.57 bits per heavy atom. The average Bonchev–Trinajstić information content (AvgIpc) is 3.07. The van der Waals surface area contributed by atoms with E-state index in [1.165, 1.54) is 11.1 Å². The summed E-state index contributed by atoms with van der Waals surface area (Å²) in [5, 5.41) is 9.68. The molecule has 0 aliphatic rings. The van der Waals surface area contributed by atoms with Crippen molar-refractivity contribution in [3.8, 4) is 22.8 Å². The molecule has 4 rings (SSSR count). The second-order valence-electron chi connectivity index (χ2n) is 6.98. The van der Waals surface area contributed by atoms with Gasteiger partial charge in [-0.15, -0.1) is 0 Å². The molecule has 1 heterocycles. The first-order chi connectivity index (χ1) is 13.6. The van der Waals surface area contributed by atoms with Crippen LogP contribution in [0.1, 0.15) is 24.5 Å². The number of benzene rings is 3. The van der Waals surface area contributed by atoms with Gasteiger partial charge in [0.15, 0.2) is 10.6 Å². The van der Waals surface area contributed by atoms with Crippen LogP contribution >= 0.6 is 12.2 Å². The molecule has 0 atom stereocenters. The van der Waals surface area contributed by atoms with Gasteiger partial charge in [-0.2, -0.15) is 5.10 Å². The van der Waals surface area contributed by atoms with Gasteiger partial charge < -0.3 is 4.74 Å². The first-order valence-corrected chi connectivity index (χ1v) is 9.91. The summed E-state index contributed by atoms with van der Waals surface area (Å²) in [5.74, 6) is 1.71. The van der Waals surface area contributed by atoms with Gasteiger partial charge in [0.1, 0.15) is 5.75 Å². The fourth-order valence-electron chi connectivity index (χ4n) is 3.55. The van der Waals surface area contributed by atoms with Crippen molar-refractivity contribution in [3.63, 3.8) is 0 Å². The lowest BCUT2D eigenvalue weighted by atomic mass is 10.0. The van der Waals surface area contributed by atoms with Crippen LogP contribution in [0.2, 0.25) is 0 Å². The number of fused-ring (bicyclic) bond motifs is 1. The minimum Gasteiger partial charge on any atom is -0.493 e. The maximum atomic E-state index is 5.96. The molecule has 0 radical (unpaired) electrons. The van der Waals surface area contributed by atoms with Crippen molar-refractivity contribution in [1.29, 1.82) is 0 Å². The first kappa shape index (κ1) is 18.4. The van der Waals surface area contributed by atoms with E-state index >= 15 is 0 Å². The van der Waals surface area contributed by atoms with Gasteiger partial charge in [-0.1, -0.05) is 55.0 Å². The van der Waals surface area contributed by atoms with Crippen LogP contribution in [0.25, 0.3) is 27.8 Å². The number of nitrogens with zero attached hydrogens (tertiary/aromatic N) is 2. The van der Waals surface area contributed by atoms with E-state index in [9.17, 15) is 0 Å². The van der Waals surface area contributed by atoms with Gasteiger partial charge in [0.05, 0.1) is 12.3 Å². The summed E-state index contributed by atoms with van der Waals surface area (Å²) in [6, 6.07) is 18.7. The van der Waals surface area contributed by atoms with Gasteiger partial charge in [-0.3, -0.25) is 9.67 Å². The second-order valence-corrected chi connectivity index (χ2v) is 7.37. The number of aromatic nitrogens is 3. The summed E-state index contributed by atoms with van der Waals surface area (Å²) in [6.07, 6.45) is 0.972. The van der Waals surface area contributed by atoms with Crippen molar-refractivity contribution in [1.82, 2.24) is 14.8 Å². The minimum absolute atomic E-state index is 0.572. The van der Waals surface area contributed by atoms with Crippen molar-refractivity contribution in [2.24, 2.45) is 0 Å². The zero-order valence-corrected chi connectivity index (χ0v) is 17.1. The van der Waals surface area contributed by atoms with Crippen molar-refractivity contribution >= 4 is 23.0 Å². The van der Waals surface area contributed by atoms with Crippen LogP contribution in [0.5, 0.6) is 5.75 Å². The molecule has 0 aliphatic carbocycles. The Morgan fingerprint density at radius 1 is 1.04 bits per heavy atom. The topological polar surface area (TPSA) is 42.8 Å². The van der Waals surface area contributed by atoms with E-state index in [0.29, 0.717) is 11.4 Å². The van der Waals surface area contributed by atoms with Crippen molar-refractivity contribution < 1.29 is 4.74 Å². The molecular weight excluding hydrogens is 366 g/mol. The SMILES string of the molecule is CCCOc1ccc(-n2c(-c3ccc(C)cc3C)n[nH]c2=S)c2ccccc12. The summed E-state index contributed by atoms with van der Waals surface area (Å²) < 4.78 is 8.54. The Hall–Kier alpha value is -2.92. The number of aryl methyl sites for hydroxylation is 2. The third kappa shape index (κ3) is 3.22. The molecule has 0 saturated carbocycles. The highest BCUT2D eigenvalue weighted by atomic mass is 32.1. The third-order valence-electron chi connectivity index (χ3n) is 4.86. The molecule has 28 heavy (non-hydrogen) atoms. The van der Waals surface area contributed by atoms with E-state index in [-0.39, 0.29) is 0 Å². The van der Waals surface area contributed by atoms with E-state index < -0.39 is 0 Å². The highest BCUT2D eigenvalue weighted by molar-refractivity contribution is 7.71. The number of hydrogen-bond acceptors (Lipinski definition) is 3. The van der Waals surface area contributed by atoms with Crippen molar-refractivity contribution in [3.05, 3.63) is 70.5 Å². The van der Waals surface area contributed by atoms with Crippen LogP contribution in [0, 0.1) is 18.6 Å². The lowest BCUT2D eigenvalue weighted by molar-refractivity contribution is 0.321. The van der Waals surface area contributed by atoms with Crippen LogP contribution in [0.4, 0.5) is 0 Å². The van der Waals surface area contributed by atoms with Gasteiger partial charge in [-0.05, 0) is 50.2 Å². The lowest BCUT2D eigenvalue weighted by Crippen LogP contribution is -2.02. The lowest BCUT2D eigenvalue weighted by Gasteiger charge is -2.15. The Morgan fingerprint density at radius 2 is 1.82 bits per heavy atom. The van der Waals surface area contributed by atoms with Crippen LogP contribution in [0.15, 0.2) is 54.6 Å². The molecule has 1 N–H and O–H groups in total. The highest BCUT2D eigenvalue weighted by Crippen LogP contribution is 2.33. The summed E-state index contributed by atoms with van der Waals surface area (Å²) in [7, 11) is 0. The fraction of sp³-hybridized carbons (Fsp3) is 0.217. The largest absolute Gasteiger partial charge is 0.493 e. The predicted octanol–water partition coefficient (Wildman–Crippen LogP) is 6.16. The molecular formula is C23H23N3OS. The molecule has 0 saturated heterocycles. The van der Waals surface area contributed by atoms with Crippen molar-refractivity contribution in [2.45, 2.75) is 27.2 Å². The molecule has 0 aliphatic heterocycles. The van der Waals surface area contributed by atoms with Gasteiger partial charge >= 0.3 is 0 Å². The highest BCUT2D eigenvalue weighted by Gasteiger charge is 2.16. The van der Waals surface area contributed by atoms with Crippen LogP contribution < -0.4 is 4.74 Å². The predicted molar refractivity (Wildman–Crippen MR) is 117 cm³/mol. The van der Waals surface area contributed by atoms with Crippen LogP contribution in [-0.4, -0.2) is 21.4 Å². The third-order valence-corrected chi connectivity index (χ3v) is 5.13. The molecule has 0 amide bonds. The monoisotopic (exact) mass is 389 g/mol. The van der Waals surface area contributed by atoms with Crippen LogP contribution in [0.3, 0.4) is 0 Å². The summed E-state index contributed by atoms with van der Waals surface area (Å²) >= 11 is 5.60. The molecule has 1 aromatic heterocycles. The van der Waals surface area contributed by atoms with Gasteiger partial charge in [0, 0.05) is 16.3 Å². The summed E-state index contributed by atoms with van der Waals surface area (Å²) in [5.41, 5.74) is 4.45. The molecule has 142 valence electrons. The van der Waals surface area contributed by atoms with Crippen molar-refractivity contribution in [2.75, 3.05) is 6.61 Å². The Labute approximate surface area is 169 Å². The maximum Gasteiger partial charge on any atom is 0.200 e. The quantitative estimate of drug-likeness (QED) is 0.416. The number of nitrogens with one attached hydrogen (secondary N) is 1. The summed E-state index contributed by atoms with van der Waals surface area (Å²) in [6.45, 7) is 7.00. The summed E-state index contributed by atoms with van der Waals surface area (Å²) in [4.78, 5) is 0. The smallest absolute Gasteiger partial charge is 0.200 e. The average molecular weight is 390 g/mol. The molecule has 0 bridgehead atoms. The van der Waals surface area contributed by atoms with E-state index in [1.807, 2.05) is 22.8 Å². The molecule has 0 unspecified atom stereocenters. The van der Waals surface area contributed by atoms with Crippen LogP contribution in [-0.2, 0) is 0 Å². The Bertz CT molecular complexity index is 1210. The normalized spacial score (nSPS) is 11.1. The van der Waals surface area contributed by atoms with E-state index in [4.69, 9.17) is 17.0 Å². The zero-order chi connectivity index (χ0) is 19.7. The molecule has 4 aromatic rings. The number of H-pyrrole nitrogens is 1. The van der Waals surface area contributed by atoms with E-state index in [2.05, 4.69) is 67.4 Å². The van der Waals surface area contributed by atoms with Gasteiger partial charge in [0.25, 0.3) is 0 Å². The minimum atomic E-state index is 0.572. The molecule has 5 heteroatoms. The zero-order valence-electron chi connectivity index (χ0n) is 16.3. The molecule has 0 fully saturated rings. The molecule has 0 spiro atoms. The Kier molecular flexibility index (Phi) is 5.01. The van der Waals surface area contributed by atoms with E-state index in [0.717, 1.165) is 40.0 Å². The number of ether oxygens (including phenoxy) is 1. The number of aromatic amines is 1. The molecule has 3 aromatic carbocycles. The Balaban J connectivity index is 1.95. The fourth-order valence-corrected chi connectivity index (χ4v) is 3.78.